The SMILES string of the molecule is O=C(Cl)Sc1c(F)cccc1F. The van der Waals surface area contributed by atoms with Gasteiger partial charge in [0, 0.05) is 0 Å². The summed E-state index contributed by atoms with van der Waals surface area (Å²) in [6.45, 7) is 0. The normalized spacial score (nSPS) is 9.92. The average molecular weight is 209 g/mol. The van der Waals surface area contributed by atoms with Gasteiger partial charge in [-0.3, -0.25) is 4.79 Å². The summed E-state index contributed by atoms with van der Waals surface area (Å²) in [7, 11) is 0. The minimum absolute atomic E-state index is 0.328. The molecule has 0 atom stereocenters. The number of halogens is 3. The van der Waals surface area contributed by atoms with Crippen molar-refractivity contribution in [2.45, 2.75) is 4.90 Å². The van der Waals surface area contributed by atoms with Gasteiger partial charge in [0.2, 0.25) is 0 Å². The topological polar surface area (TPSA) is 17.1 Å². The molecule has 0 saturated carbocycles. The third-order valence-corrected chi connectivity index (χ3v) is 2.09. The second kappa shape index (κ2) is 3.87. The molecule has 1 aromatic rings. The van der Waals surface area contributed by atoms with Crippen LogP contribution in [-0.4, -0.2) is 4.57 Å². The minimum atomic E-state index is -0.862. The average Bonchev–Trinajstić information content (AvgIpc) is 1.97. The molecule has 0 saturated heterocycles. The third kappa shape index (κ3) is 2.19. The van der Waals surface area contributed by atoms with Crippen molar-refractivity contribution < 1.29 is 13.6 Å². The smallest absolute Gasteiger partial charge is 0.268 e. The Labute approximate surface area is 76.7 Å². The standard InChI is InChI=1S/C7H3ClF2OS/c8-7(11)12-6-4(9)2-1-3-5(6)10/h1-3H. The van der Waals surface area contributed by atoms with E-state index in [0.717, 1.165) is 12.1 Å². The zero-order chi connectivity index (χ0) is 9.14. The van der Waals surface area contributed by atoms with E-state index in [0.29, 0.717) is 11.8 Å². The molecule has 64 valence electrons. The van der Waals surface area contributed by atoms with Crippen molar-refractivity contribution in [2.24, 2.45) is 0 Å². The van der Waals surface area contributed by atoms with Crippen LogP contribution in [0, 0.1) is 11.6 Å². The lowest BCUT2D eigenvalue weighted by Crippen LogP contribution is -1.87. The first-order valence-electron chi connectivity index (χ1n) is 2.92. The lowest BCUT2D eigenvalue weighted by Gasteiger charge is -1.98. The molecule has 0 aromatic heterocycles. The van der Waals surface area contributed by atoms with E-state index >= 15 is 0 Å². The number of hydrogen-bond donors (Lipinski definition) is 0. The lowest BCUT2D eigenvalue weighted by molar-refractivity contribution is 0.275. The fourth-order valence-electron chi connectivity index (χ4n) is 0.660. The van der Waals surface area contributed by atoms with Crippen molar-refractivity contribution >= 4 is 27.9 Å². The largest absolute Gasteiger partial charge is 0.284 e. The fraction of sp³-hybridized carbons (Fsp3) is 0. The quantitative estimate of drug-likeness (QED) is 0.520. The molecule has 0 bridgehead atoms. The first kappa shape index (κ1) is 9.48. The number of carbonyl (C=O) groups excluding carboxylic acids is 1. The monoisotopic (exact) mass is 208 g/mol. The van der Waals surface area contributed by atoms with Crippen LogP contribution in [0.25, 0.3) is 0 Å². The second-order valence-electron chi connectivity index (χ2n) is 1.89. The molecular weight excluding hydrogens is 206 g/mol. The van der Waals surface area contributed by atoms with Crippen molar-refractivity contribution in [3.63, 3.8) is 0 Å². The minimum Gasteiger partial charge on any atom is -0.268 e. The van der Waals surface area contributed by atoms with Crippen LogP contribution in [0.4, 0.5) is 13.6 Å². The van der Waals surface area contributed by atoms with Gasteiger partial charge in [0.1, 0.15) is 11.6 Å². The van der Waals surface area contributed by atoms with Gasteiger partial charge >= 0.3 is 0 Å². The van der Waals surface area contributed by atoms with Crippen molar-refractivity contribution in [3.05, 3.63) is 29.8 Å². The van der Waals surface area contributed by atoms with Crippen LogP contribution in [-0.2, 0) is 0 Å². The Morgan fingerprint density at radius 2 is 1.83 bits per heavy atom. The number of thioether (sulfide) groups is 1. The van der Waals surface area contributed by atoms with E-state index in [1.54, 1.807) is 0 Å². The second-order valence-corrected chi connectivity index (χ2v) is 3.44. The molecule has 0 aliphatic rings. The molecule has 1 aromatic carbocycles. The summed E-state index contributed by atoms with van der Waals surface area (Å²) < 4.78 is 24.6. The summed E-state index contributed by atoms with van der Waals surface area (Å²) in [4.78, 5) is 9.95. The maximum atomic E-state index is 12.7. The van der Waals surface area contributed by atoms with Gasteiger partial charge < -0.3 is 0 Å². The molecule has 0 amide bonds. The zero-order valence-corrected chi connectivity index (χ0v) is 7.25. The van der Waals surface area contributed by atoms with Crippen LogP contribution >= 0.6 is 23.4 Å². The lowest BCUT2D eigenvalue weighted by atomic mass is 10.3. The Kier molecular flexibility index (Phi) is 3.05. The fourth-order valence-corrected chi connectivity index (χ4v) is 1.38. The van der Waals surface area contributed by atoms with Crippen LogP contribution in [0.2, 0.25) is 0 Å². The number of rotatable bonds is 1. The van der Waals surface area contributed by atoms with Crippen molar-refractivity contribution in [1.29, 1.82) is 0 Å². The van der Waals surface area contributed by atoms with E-state index in [9.17, 15) is 13.6 Å². The maximum Gasteiger partial charge on any atom is 0.284 e. The van der Waals surface area contributed by atoms with Crippen molar-refractivity contribution in [3.8, 4) is 0 Å². The summed E-state index contributed by atoms with van der Waals surface area (Å²) in [5.41, 5.74) is 0. The number of hydrogen-bond acceptors (Lipinski definition) is 2. The summed E-state index contributed by atoms with van der Waals surface area (Å²) in [6, 6.07) is 3.34. The predicted molar refractivity (Wildman–Crippen MR) is 43.5 cm³/mol. The van der Waals surface area contributed by atoms with Crippen molar-refractivity contribution in [2.75, 3.05) is 0 Å². The Morgan fingerprint density at radius 3 is 2.25 bits per heavy atom. The number of benzene rings is 1. The highest BCUT2D eigenvalue weighted by Crippen LogP contribution is 2.26. The van der Waals surface area contributed by atoms with Crippen LogP contribution < -0.4 is 0 Å². The Morgan fingerprint density at radius 1 is 1.33 bits per heavy atom. The molecule has 0 N–H and O–H groups in total. The van der Waals surface area contributed by atoms with Gasteiger partial charge in [-0.15, -0.1) is 0 Å². The molecule has 12 heavy (non-hydrogen) atoms. The van der Waals surface area contributed by atoms with E-state index in [4.69, 9.17) is 11.6 Å². The highest BCUT2D eigenvalue weighted by molar-refractivity contribution is 8.16. The van der Waals surface area contributed by atoms with Crippen LogP contribution in [0.5, 0.6) is 0 Å². The summed E-state index contributed by atoms with van der Waals surface area (Å²) >= 11 is 5.28. The predicted octanol–water partition coefficient (Wildman–Crippen LogP) is 3.42. The molecule has 1 nitrogen and oxygen atoms in total. The van der Waals surface area contributed by atoms with E-state index in [1.165, 1.54) is 6.07 Å². The Bertz CT molecular complexity index is 296. The van der Waals surface area contributed by atoms with Gasteiger partial charge in [0.25, 0.3) is 4.57 Å². The molecule has 1 rings (SSSR count). The first-order valence-corrected chi connectivity index (χ1v) is 4.12. The molecule has 0 radical (unpaired) electrons. The number of carbonyl (C=O) groups is 1. The molecule has 0 fully saturated rings. The Hall–Kier alpha value is -0.610. The van der Waals surface area contributed by atoms with Gasteiger partial charge in [-0.05, 0) is 35.5 Å². The third-order valence-electron chi connectivity index (χ3n) is 1.10. The highest BCUT2D eigenvalue weighted by atomic mass is 35.5. The van der Waals surface area contributed by atoms with Gasteiger partial charge in [-0.2, -0.15) is 0 Å². The molecule has 0 aliphatic carbocycles. The maximum absolute atomic E-state index is 12.7. The highest BCUT2D eigenvalue weighted by Gasteiger charge is 2.11. The molecular formula is C7H3ClF2OS. The van der Waals surface area contributed by atoms with E-state index in [-0.39, 0.29) is 4.90 Å². The summed E-state index contributed by atoms with van der Waals surface area (Å²) in [5, 5.41) is 0. The van der Waals surface area contributed by atoms with Crippen molar-refractivity contribution in [1.82, 2.24) is 0 Å². The van der Waals surface area contributed by atoms with Gasteiger partial charge in [0.05, 0.1) is 4.90 Å². The van der Waals surface area contributed by atoms with Crippen LogP contribution in [0.15, 0.2) is 23.1 Å². The van der Waals surface area contributed by atoms with Gasteiger partial charge in [0.15, 0.2) is 0 Å². The van der Waals surface area contributed by atoms with E-state index < -0.39 is 16.2 Å². The summed E-state index contributed by atoms with van der Waals surface area (Å²) in [6.07, 6.45) is 0. The van der Waals surface area contributed by atoms with E-state index in [1.807, 2.05) is 0 Å². The van der Waals surface area contributed by atoms with Gasteiger partial charge in [-0.1, -0.05) is 6.07 Å². The summed E-state index contributed by atoms with van der Waals surface area (Å²) in [5.74, 6) is -1.57. The molecule has 0 heterocycles. The van der Waals surface area contributed by atoms with E-state index in [2.05, 4.69) is 0 Å². The first-order chi connectivity index (χ1) is 5.61. The molecule has 5 heteroatoms. The van der Waals surface area contributed by atoms with Gasteiger partial charge in [-0.25, -0.2) is 8.78 Å². The van der Waals surface area contributed by atoms with Crippen LogP contribution in [0.3, 0.4) is 0 Å². The van der Waals surface area contributed by atoms with Crippen LogP contribution in [0.1, 0.15) is 0 Å². The molecule has 0 aliphatic heterocycles. The Balaban J connectivity index is 3.04. The molecule has 0 spiro atoms. The zero-order valence-electron chi connectivity index (χ0n) is 5.68. The molecule has 0 unspecified atom stereocenters.